The van der Waals surface area contributed by atoms with E-state index >= 15 is 0 Å². The Morgan fingerprint density at radius 2 is 1.63 bits per heavy atom. The fourth-order valence-corrected chi connectivity index (χ4v) is 7.37. The Morgan fingerprint density at radius 3 is 2.24 bits per heavy atom. The van der Waals surface area contributed by atoms with Crippen LogP contribution in [0.1, 0.15) is 81.4 Å². The van der Waals surface area contributed by atoms with Crippen LogP contribution in [0.5, 0.6) is 0 Å². The number of para-hydroxylation sites is 1. The van der Waals surface area contributed by atoms with Gasteiger partial charge in [0.1, 0.15) is 27.6 Å². The lowest BCUT2D eigenvalue weighted by atomic mass is 10.0. The first kappa shape index (κ1) is 35.2. The molecule has 1 aromatic carbocycles. The van der Waals surface area contributed by atoms with Gasteiger partial charge in [0.2, 0.25) is 0 Å². The number of anilines is 2. The Hall–Kier alpha value is -3.69. The van der Waals surface area contributed by atoms with Crippen molar-refractivity contribution in [1.82, 2.24) is 9.47 Å². The molecule has 2 fully saturated rings. The van der Waals surface area contributed by atoms with Crippen LogP contribution < -0.4 is 15.4 Å². The normalized spacial score (nSPS) is 16.0. The number of benzene rings is 1. The molecular weight excluding hydrogens is 626 g/mol. The van der Waals surface area contributed by atoms with Crippen molar-refractivity contribution < 1.29 is 19.1 Å². The highest BCUT2D eigenvalue weighted by atomic mass is 32.2. The Labute approximate surface area is 279 Å². The lowest BCUT2D eigenvalue weighted by Crippen LogP contribution is -2.49. The van der Waals surface area contributed by atoms with Gasteiger partial charge in [0.15, 0.2) is 0 Å². The molecule has 2 aromatic rings. The molecule has 0 spiro atoms. The van der Waals surface area contributed by atoms with Crippen LogP contribution in [0, 0.1) is 24.1 Å². The minimum absolute atomic E-state index is 0.0548. The standard InChI is InChI=1S/C34H42FN5O4S2/c1-3-39-31(38-20-18-37(19-21-38)28-15-12-11-14-27(28)35)25(24(2)26(23-36)32(39)43)22-29-33(44)40(34(45)46-29)17-13-9-7-5-4-6-8-10-16-30(41)42/h11-12,14-15,22H,3-10,13,16-21H2,1-2H3,(H,41,42). The third-order valence-corrected chi connectivity index (χ3v) is 9.98. The molecule has 246 valence electrons. The number of nitriles is 1. The number of carbonyl (C=O) groups is 2. The minimum atomic E-state index is -0.741. The average molecular weight is 668 g/mol. The van der Waals surface area contributed by atoms with E-state index < -0.39 is 5.97 Å². The molecule has 0 unspecified atom stereocenters. The van der Waals surface area contributed by atoms with Crippen molar-refractivity contribution >= 4 is 57.8 Å². The molecule has 1 aromatic heterocycles. The van der Waals surface area contributed by atoms with Gasteiger partial charge in [0.25, 0.3) is 11.5 Å². The van der Waals surface area contributed by atoms with Crippen molar-refractivity contribution in [2.75, 3.05) is 42.5 Å². The summed E-state index contributed by atoms with van der Waals surface area (Å²) in [6, 6.07) is 8.77. The number of aliphatic carboxylic acids is 1. The molecular formula is C34H42FN5O4S2. The number of hydrogen-bond acceptors (Lipinski definition) is 8. The maximum atomic E-state index is 14.5. The van der Waals surface area contributed by atoms with Gasteiger partial charge in [-0.3, -0.25) is 23.9 Å². The second-order valence-electron chi connectivity index (χ2n) is 11.6. The van der Waals surface area contributed by atoms with E-state index in [4.69, 9.17) is 17.3 Å². The van der Waals surface area contributed by atoms with Crippen molar-refractivity contribution in [1.29, 1.82) is 5.26 Å². The molecule has 0 atom stereocenters. The smallest absolute Gasteiger partial charge is 0.303 e. The summed E-state index contributed by atoms with van der Waals surface area (Å²) in [7, 11) is 0. The van der Waals surface area contributed by atoms with Crippen LogP contribution in [-0.2, 0) is 16.1 Å². The summed E-state index contributed by atoms with van der Waals surface area (Å²) in [5.41, 5.74) is 1.42. The molecule has 0 bridgehead atoms. The highest BCUT2D eigenvalue weighted by Crippen LogP contribution is 2.36. The number of piperazine rings is 1. The van der Waals surface area contributed by atoms with Crippen LogP contribution in [0.25, 0.3) is 6.08 Å². The zero-order valence-electron chi connectivity index (χ0n) is 26.6. The van der Waals surface area contributed by atoms with Gasteiger partial charge in [0, 0.05) is 51.3 Å². The number of carbonyl (C=O) groups excluding carboxylic acids is 1. The number of carboxylic acid groups (broad SMARTS) is 1. The van der Waals surface area contributed by atoms with Crippen LogP contribution in [0.3, 0.4) is 0 Å². The number of amides is 1. The summed E-state index contributed by atoms with van der Waals surface area (Å²) in [6.45, 7) is 6.64. The number of carboxylic acids is 1. The summed E-state index contributed by atoms with van der Waals surface area (Å²) in [6.07, 6.45) is 9.71. The maximum absolute atomic E-state index is 14.5. The predicted molar refractivity (Wildman–Crippen MR) is 186 cm³/mol. The van der Waals surface area contributed by atoms with E-state index in [0.29, 0.717) is 71.1 Å². The number of aromatic nitrogens is 1. The minimum Gasteiger partial charge on any atom is -0.481 e. The lowest BCUT2D eigenvalue weighted by molar-refractivity contribution is -0.137. The maximum Gasteiger partial charge on any atom is 0.303 e. The van der Waals surface area contributed by atoms with E-state index in [0.717, 1.165) is 51.4 Å². The molecule has 2 saturated heterocycles. The number of halogens is 1. The third kappa shape index (κ3) is 8.36. The number of thioether (sulfide) groups is 1. The number of pyridine rings is 1. The summed E-state index contributed by atoms with van der Waals surface area (Å²) >= 11 is 6.84. The van der Waals surface area contributed by atoms with Gasteiger partial charge in [-0.05, 0) is 50.5 Å². The third-order valence-electron chi connectivity index (χ3n) is 8.61. The monoisotopic (exact) mass is 667 g/mol. The quantitative estimate of drug-likeness (QED) is 0.133. The van der Waals surface area contributed by atoms with Gasteiger partial charge in [-0.2, -0.15) is 5.26 Å². The summed E-state index contributed by atoms with van der Waals surface area (Å²) in [5.74, 6) is -0.529. The second-order valence-corrected chi connectivity index (χ2v) is 13.3. The fraction of sp³-hybridized carbons (Fsp3) is 0.500. The molecule has 0 aliphatic carbocycles. The van der Waals surface area contributed by atoms with Gasteiger partial charge in [-0.15, -0.1) is 0 Å². The van der Waals surface area contributed by atoms with Gasteiger partial charge in [-0.1, -0.05) is 74.6 Å². The number of unbranched alkanes of at least 4 members (excludes halogenated alkanes) is 7. The Bertz CT molecular complexity index is 1580. The Morgan fingerprint density at radius 1 is 1.02 bits per heavy atom. The first-order chi connectivity index (χ1) is 22.2. The van der Waals surface area contributed by atoms with Crippen molar-refractivity contribution in [3.05, 3.63) is 62.0 Å². The number of thiocarbonyl (C=S) groups is 1. The first-order valence-electron chi connectivity index (χ1n) is 16.1. The van der Waals surface area contributed by atoms with E-state index in [2.05, 4.69) is 11.0 Å². The molecule has 46 heavy (non-hydrogen) atoms. The molecule has 4 rings (SSSR count). The van der Waals surface area contributed by atoms with Crippen LogP contribution >= 0.6 is 24.0 Å². The highest BCUT2D eigenvalue weighted by molar-refractivity contribution is 8.26. The Kier molecular flexibility index (Phi) is 12.8. The first-order valence-corrected chi connectivity index (χ1v) is 17.3. The van der Waals surface area contributed by atoms with E-state index in [-0.39, 0.29) is 29.3 Å². The largest absolute Gasteiger partial charge is 0.481 e. The van der Waals surface area contributed by atoms with Crippen molar-refractivity contribution in [2.45, 2.75) is 78.2 Å². The molecule has 3 heterocycles. The zero-order chi connectivity index (χ0) is 33.2. The molecule has 2 aliphatic rings. The van der Waals surface area contributed by atoms with Crippen LogP contribution in [0.4, 0.5) is 15.9 Å². The van der Waals surface area contributed by atoms with Gasteiger partial charge in [-0.25, -0.2) is 4.39 Å². The molecule has 2 aliphatic heterocycles. The summed E-state index contributed by atoms with van der Waals surface area (Å²) < 4.78 is 16.6. The highest BCUT2D eigenvalue weighted by Gasteiger charge is 2.33. The van der Waals surface area contributed by atoms with Gasteiger partial charge >= 0.3 is 5.97 Å². The zero-order valence-corrected chi connectivity index (χ0v) is 28.2. The molecule has 1 N–H and O–H groups in total. The van der Waals surface area contributed by atoms with Crippen LogP contribution in [0.15, 0.2) is 34.0 Å². The predicted octanol–water partition coefficient (Wildman–Crippen LogP) is 6.31. The fourth-order valence-electron chi connectivity index (χ4n) is 6.08. The van der Waals surface area contributed by atoms with Crippen molar-refractivity contribution in [3.63, 3.8) is 0 Å². The van der Waals surface area contributed by atoms with E-state index in [1.54, 1.807) is 34.6 Å². The number of nitrogens with zero attached hydrogens (tertiary/aromatic N) is 5. The molecule has 9 nitrogen and oxygen atoms in total. The second kappa shape index (κ2) is 16.7. The molecule has 0 radical (unpaired) electrons. The number of hydrogen-bond donors (Lipinski definition) is 1. The van der Waals surface area contributed by atoms with Crippen LogP contribution in [-0.4, -0.2) is 63.5 Å². The van der Waals surface area contributed by atoms with Crippen LogP contribution in [0.2, 0.25) is 0 Å². The van der Waals surface area contributed by atoms with E-state index in [1.807, 2.05) is 17.9 Å². The van der Waals surface area contributed by atoms with Crippen molar-refractivity contribution in [3.8, 4) is 6.07 Å². The molecule has 0 saturated carbocycles. The summed E-state index contributed by atoms with van der Waals surface area (Å²) in [5, 5.41) is 18.6. The van der Waals surface area contributed by atoms with Gasteiger partial charge in [0.05, 0.1) is 10.6 Å². The average Bonchev–Trinajstić information content (AvgIpc) is 3.30. The SMILES string of the molecule is CCn1c(N2CCN(c3ccccc3F)CC2)c(C=C2SC(=S)N(CCCCCCCCCCC(=O)O)C2=O)c(C)c(C#N)c1=O. The molecule has 12 heteroatoms. The summed E-state index contributed by atoms with van der Waals surface area (Å²) in [4.78, 5) is 43.8. The Balaban J connectivity index is 1.46. The molecule has 1 amide bonds. The topological polar surface area (TPSA) is 110 Å². The van der Waals surface area contributed by atoms with E-state index in [9.17, 15) is 24.0 Å². The van der Waals surface area contributed by atoms with Gasteiger partial charge < -0.3 is 14.9 Å². The lowest BCUT2D eigenvalue weighted by Gasteiger charge is -2.39. The van der Waals surface area contributed by atoms with Crippen molar-refractivity contribution in [2.24, 2.45) is 0 Å². The number of rotatable bonds is 15. The van der Waals surface area contributed by atoms with E-state index in [1.165, 1.54) is 17.8 Å².